The molecule has 0 aliphatic heterocycles. The number of hydrogen-bond acceptors (Lipinski definition) is 1. The van der Waals surface area contributed by atoms with Gasteiger partial charge >= 0.3 is 0 Å². The molecule has 0 aromatic carbocycles. The fourth-order valence-corrected chi connectivity index (χ4v) is 1.67. The molecule has 0 aromatic rings. The van der Waals surface area contributed by atoms with Crippen LogP contribution in [0.15, 0.2) is 11.8 Å². The van der Waals surface area contributed by atoms with Crippen molar-refractivity contribution in [2.45, 2.75) is 71.6 Å². The molecule has 0 aliphatic rings. The molecule has 15 heavy (non-hydrogen) atoms. The minimum atomic E-state index is 1.13. The average molecular weight is 212 g/mol. The summed E-state index contributed by atoms with van der Waals surface area (Å²) in [7, 11) is 1.80. The number of methoxy groups -OCH3 is 1. The zero-order valence-electron chi connectivity index (χ0n) is 10.8. The molecule has 0 radical (unpaired) electrons. The van der Waals surface area contributed by atoms with Gasteiger partial charge in [-0.1, -0.05) is 46.0 Å². The van der Waals surface area contributed by atoms with Gasteiger partial charge in [-0.05, 0) is 25.3 Å². The van der Waals surface area contributed by atoms with Gasteiger partial charge in [0.25, 0.3) is 0 Å². The molecule has 0 rings (SSSR count). The molecule has 0 unspecified atom stereocenters. The van der Waals surface area contributed by atoms with Gasteiger partial charge in [-0.2, -0.15) is 0 Å². The van der Waals surface area contributed by atoms with Crippen LogP contribution in [-0.2, 0) is 4.74 Å². The van der Waals surface area contributed by atoms with Crippen LogP contribution < -0.4 is 0 Å². The summed E-state index contributed by atoms with van der Waals surface area (Å²) in [6, 6.07) is 0. The monoisotopic (exact) mass is 212 g/mol. The van der Waals surface area contributed by atoms with Gasteiger partial charge in [0.2, 0.25) is 0 Å². The van der Waals surface area contributed by atoms with Crippen molar-refractivity contribution in [3.8, 4) is 0 Å². The highest BCUT2D eigenvalue weighted by molar-refractivity contribution is 4.92. The highest BCUT2D eigenvalue weighted by Gasteiger charge is 1.96. The van der Waals surface area contributed by atoms with E-state index in [1.54, 1.807) is 7.11 Å². The molecule has 0 aliphatic carbocycles. The molecule has 0 atom stereocenters. The molecular formula is C14H28O. The van der Waals surface area contributed by atoms with Crippen LogP contribution in [-0.4, -0.2) is 7.11 Å². The minimum Gasteiger partial charge on any atom is -0.501 e. The predicted octanol–water partition coefficient (Wildman–Crippen LogP) is 5.07. The molecule has 0 aromatic heterocycles. The van der Waals surface area contributed by atoms with E-state index in [4.69, 9.17) is 4.74 Å². The highest BCUT2D eigenvalue weighted by Crippen LogP contribution is 2.12. The Hall–Kier alpha value is -0.460. The first-order valence-electron chi connectivity index (χ1n) is 6.58. The molecule has 0 heterocycles. The van der Waals surface area contributed by atoms with E-state index in [2.05, 4.69) is 19.9 Å². The van der Waals surface area contributed by atoms with Crippen LogP contribution in [0.4, 0.5) is 0 Å². The molecule has 1 nitrogen and oxygen atoms in total. The predicted molar refractivity (Wildman–Crippen MR) is 68.0 cm³/mol. The fourth-order valence-electron chi connectivity index (χ4n) is 1.67. The topological polar surface area (TPSA) is 9.23 Å². The van der Waals surface area contributed by atoms with Crippen LogP contribution in [0.1, 0.15) is 71.6 Å². The molecule has 0 amide bonds. The van der Waals surface area contributed by atoms with Gasteiger partial charge in [-0.3, -0.25) is 0 Å². The summed E-state index contributed by atoms with van der Waals surface area (Å²) < 4.78 is 5.37. The van der Waals surface area contributed by atoms with Gasteiger partial charge in [-0.15, -0.1) is 0 Å². The molecule has 0 fully saturated rings. The summed E-state index contributed by atoms with van der Waals surface area (Å²) >= 11 is 0. The van der Waals surface area contributed by atoms with Crippen molar-refractivity contribution < 1.29 is 4.74 Å². The van der Waals surface area contributed by atoms with E-state index < -0.39 is 0 Å². The van der Waals surface area contributed by atoms with Gasteiger partial charge in [0.15, 0.2) is 0 Å². The van der Waals surface area contributed by atoms with E-state index in [1.807, 2.05) is 0 Å². The smallest absolute Gasteiger partial charge is 0.0915 e. The van der Waals surface area contributed by atoms with Crippen molar-refractivity contribution in [2.75, 3.05) is 7.11 Å². The Kier molecular flexibility index (Phi) is 11.3. The Labute approximate surface area is 95.9 Å². The van der Waals surface area contributed by atoms with E-state index in [0.29, 0.717) is 0 Å². The van der Waals surface area contributed by atoms with E-state index in [-0.39, 0.29) is 0 Å². The molecule has 90 valence electrons. The largest absolute Gasteiger partial charge is 0.501 e. The number of allylic oxidation sites excluding steroid dienone is 2. The second-order valence-corrected chi connectivity index (χ2v) is 4.18. The van der Waals surface area contributed by atoms with Gasteiger partial charge in [-0.25, -0.2) is 0 Å². The molecule has 0 spiro atoms. The molecule has 0 bridgehead atoms. The van der Waals surface area contributed by atoms with Gasteiger partial charge < -0.3 is 4.74 Å². The Morgan fingerprint density at radius 1 is 0.933 bits per heavy atom. The second kappa shape index (κ2) is 11.6. The van der Waals surface area contributed by atoms with Crippen molar-refractivity contribution in [3.05, 3.63) is 11.8 Å². The van der Waals surface area contributed by atoms with Crippen LogP contribution in [0.3, 0.4) is 0 Å². The number of rotatable bonds is 10. The number of hydrogen-bond donors (Lipinski definition) is 0. The lowest BCUT2D eigenvalue weighted by Gasteiger charge is -2.06. The third-order valence-electron chi connectivity index (χ3n) is 2.72. The maximum atomic E-state index is 5.37. The Balaban J connectivity index is 3.51. The van der Waals surface area contributed by atoms with Crippen molar-refractivity contribution in [2.24, 2.45) is 0 Å². The zero-order chi connectivity index (χ0) is 11.4. The van der Waals surface area contributed by atoms with E-state index >= 15 is 0 Å². The standard InChI is InChI=1S/C14H28O/c1-4-6-8-10-12-14(15-3)13-11-9-7-5-2/h12H,4-11,13H2,1-3H3/b14-12-. The maximum absolute atomic E-state index is 5.37. The summed E-state index contributed by atoms with van der Waals surface area (Å²) in [5, 5.41) is 0. The average Bonchev–Trinajstić information content (AvgIpc) is 2.27. The van der Waals surface area contributed by atoms with Gasteiger partial charge in [0.1, 0.15) is 0 Å². The first-order valence-corrected chi connectivity index (χ1v) is 6.58. The van der Waals surface area contributed by atoms with Crippen molar-refractivity contribution in [1.82, 2.24) is 0 Å². The fraction of sp³-hybridized carbons (Fsp3) is 0.857. The maximum Gasteiger partial charge on any atom is 0.0915 e. The molecule has 1 heteroatoms. The zero-order valence-corrected chi connectivity index (χ0v) is 10.8. The van der Waals surface area contributed by atoms with Crippen molar-refractivity contribution >= 4 is 0 Å². The summed E-state index contributed by atoms with van der Waals surface area (Å²) in [6.07, 6.45) is 13.8. The van der Waals surface area contributed by atoms with Crippen LogP contribution in [0, 0.1) is 0 Å². The first kappa shape index (κ1) is 14.5. The SMILES string of the molecule is CCCCC/C=C(/CCCCCC)OC. The highest BCUT2D eigenvalue weighted by atomic mass is 16.5. The first-order chi connectivity index (χ1) is 7.35. The van der Waals surface area contributed by atoms with E-state index in [1.165, 1.54) is 57.1 Å². The van der Waals surface area contributed by atoms with E-state index in [0.717, 1.165) is 6.42 Å². The minimum absolute atomic E-state index is 1.13. The quantitative estimate of drug-likeness (QED) is 0.363. The number of unbranched alkanes of at least 4 members (excludes halogenated alkanes) is 6. The number of ether oxygens (including phenoxy) is 1. The van der Waals surface area contributed by atoms with Crippen molar-refractivity contribution in [1.29, 1.82) is 0 Å². The molecule has 0 saturated carbocycles. The van der Waals surface area contributed by atoms with E-state index in [9.17, 15) is 0 Å². The summed E-state index contributed by atoms with van der Waals surface area (Å²) in [5.41, 5.74) is 0. The Morgan fingerprint density at radius 3 is 2.20 bits per heavy atom. The third-order valence-corrected chi connectivity index (χ3v) is 2.72. The van der Waals surface area contributed by atoms with Crippen LogP contribution >= 0.6 is 0 Å². The summed E-state index contributed by atoms with van der Waals surface area (Å²) in [6.45, 7) is 4.49. The molecule has 0 saturated heterocycles. The summed E-state index contributed by atoms with van der Waals surface area (Å²) in [4.78, 5) is 0. The molecule has 0 N–H and O–H groups in total. The third kappa shape index (κ3) is 9.84. The van der Waals surface area contributed by atoms with Crippen molar-refractivity contribution in [3.63, 3.8) is 0 Å². The van der Waals surface area contributed by atoms with Crippen LogP contribution in [0.25, 0.3) is 0 Å². The van der Waals surface area contributed by atoms with Gasteiger partial charge in [0.05, 0.1) is 12.9 Å². The van der Waals surface area contributed by atoms with Gasteiger partial charge in [0, 0.05) is 6.42 Å². The lowest BCUT2D eigenvalue weighted by atomic mass is 10.1. The lowest BCUT2D eigenvalue weighted by Crippen LogP contribution is -1.88. The normalized spacial score (nSPS) is 11.8. The van der Waals surface area contributed by atoms with Crippen LogP contribution in [0.5, 0.6) is 0 Å². The van der Waals surface area contributed by atoms with Crippen LogP contribution in [0.2, 0.25) is 0 Å². The Morgan fingerprint density at radius 2 is 1.60 bits per heavy atom. The second-order valence-electron chi connectivity index (χ2n) is 4.18. The Bertz CT molecular complexity index is 149. The lowest BCUT2D eigenvalue weighted by molar-refractivity contribution is 0.272. The summed E-state index contributed by atoms with van der Waals surface area (Å²) in [5.74, 6) is 1.20. The molecular weight excluding hydrogens is 184 g/mol.